The van der Waals surface area contributed by atoms with Gasteiger partial charge in [-0.2, -0.15) is 0 Å². The van der Waals surface area contributed by atoms with Crippen LogP contribution < -0.4 is 0 Å². The van der Waals surface area contributed by atoms with Crippen molar-refractivity contribution in [2.45, 2.75) is 79.1 Å². The van der Waals surface area contributed by atoms with Crippen molar-refractivity contribution in [1.29, 1.82) is 0 Å². The molecular weight excluding hydrogens is 295 g/mol. The summed E-state index contributed by atoms with van der Waals surface area (Å²) in [7, 11) is -0.562. The van der Waals surface area contributed by atoms with Gasteiger partial charge >= 0.3 is 0 Å². The van der Waals surface area contributed by atoms with Gasteiger partial charge in [0.2, 0.25) is 0 Å². The van der Waals surface area contributed by atoms with Crippen LogP contribution >= 0.6 is 7.26 Å². The maximum absolute atomic E-state index is 2.36. The van der Waals surface area contributed by atoms with Crippen LogP contribution in [0.2, 0.25) is 0 Å². The minimum absolute atomic E-state index is 0.562. The average Bonchev–Trinajstić information content (AvgIpc) is 2.62. The predicted molar refractivity (Wildman–Crippen MR) is 112 cm³/mol. The third-order valence-electron chi connectivity index (χ3n) is 4.61. The van der Waals surface area contributed by atoms with E-state index < -0.39 is 7.26 Å². The Labute approximate surface area is 147 Å². The normalized spacial score (nSPS) is 11.0. The summed E-state index contributed by atoms with van der Waals surface area (Å²) in [5.74, 6) is 0. The molecule has 0 saturated heterocycles. The Balaban J connectivity index is 0.000000664. The maximum atomic E-state index is 2.36. The van der Waals surface area contributed by atoms with E-state index >= 15 is 0 Å². The summed E-state index contributed by atoms with van der Waals surface area (Å²) in [6.07, 6.45) is 17.9. The fourth-order valence-corrected chi connectivity index (χ4v) is 8.32. The van der Waals surface area contributed by atoms with Gasteiger partial charge in [-0.15, -0.1) is 0 Å². The van der Waals surface area contributed by atoms with Crippen LogP contribution in [0.15, 0.2) is 36.4 Å². The molecule has 0 unspecified atom stereocenters. The zero-order valence-corrected chi connectivity index (χ0v) is 17.3. The average molecular weight is 338 g/mol. The van der Waals surface area contributed by atoms with Gasteiger partial charge in [0.25, 0.3) is 0 Å². The Hall–Kier alpha value is -0.350. The van der Waals surface area contributed by atoms with Crippen molar-refractivity contribution in [2.75, 3.05) is 24.6 Å². The Morgan fingerprint density at radius 1 is 0.435 bits per heavy atom. The molecule has 1 aromatic carbocycles. The lowest BCUT2D eigenvalue weighted by Gasteiger charge is -2.28. The third kappa shape index (κ3) is 12.7. The molecule has 0 amide bonds. The van der Waals surface area contributed by atoms with Gasteiger partial charge in [-0.25, -0.2) is 0 Å². The highest BCUT2D eigenvalue weighted by Gasteiger charge is 2.34. The van der Waals surface area contributed by atoms with E-state index in [1.165, 1.54) is 51.4 Å². The molecule has 0 aromatic heterocycles. The molecule has 23 heavy (non-hydrogen) atoms. The largest absolute Gasteiger partial charge is 0.0652 e. The second-order valence-electron chi connectivity index (χ2n) is 6.80. The third-order valence-corrected chi connectivity index (χ3v) is 9.67. The van der Waals surface area contributed by atoms with Gasteiger partial charge in [0.1, 0.15) is 0 Å². The number of benzene rings is 1. The number of hydrogen-bond acceptors (Lipinski definition) is 0. The molecule has 0 spiro atoms. The Morgan fingerprint density at radius 3 is 0.826 bits per heavy atom. The van der Waals surface area contributed by atoms with Gasteiger partial charge in [0, 0.05) is 7.26 Å². The summed E-state index contributed by atoms with van der Waals surface area (Å²) in [5, 5.41) is 0. The van der Waals surface area contributed by atoms with E-state index in [2.05, 4.69) is 27.7 Å². The molecule has 1 aromatic rings. The molecule has 134 valence electrons. The number of unbranched alkanes of at least 4 members (excludes halogenated alkanes) is 4. The molecule has 0 fully saturated rings. The SMILES string of the molecule is CCCC[P+](CCCC)(CCCC)CCCC.c1ccccc1. The molecule has 0 saturated carbocycles. The summed E-state index contributed by atoms with van der Waals surface area (Å²) in [6.45, 7) is 9.42. The Morgan fingerprint density at radius 2 is 0.652 bits per heavy atom. The molecule has 0 atom stereocenters. The van der Waals surface area contributed by atoms with Crippen molar-refractivity contribution >= 4 is 7.26 Å². The summed E-state index contributed by atoms with van der Waals surface area (Å²) in [5.41, 5.74) is 0. The van der Waals surface area contributed by atoms with Crippen molar-refractivity contribution in [1.82, 2.24) is 0 Å². The predicted octanol–water partition coefficient (Wildman–Crippen LogP) is 7.89. The van der Waals surface area contributed by atoms with Crippen molar-refractivity contribution in [2.24, 2.45) is 0 Å². The molecule has 1 rings (SSSR count). The molecule has 0 nitrogen and oxygen atoms in total. The molecule has 0 radical (unpaired) electrons. The second kappa shape index (κ2) is 16.5. The summed E-state index contributed by atoms with van der Waals surface area (Å²) >= 11 is 0. The maximum Gasteiger partial charge on any atom is 0.0594 e. The van der Waals surface area contributed by atoms with Crippen molar-refractivity contribution < 1.29 is 0 Å². The standard InChI is InChI=1S/C16H36P.C6H6/c1-5-9-13-17(14-10-6-2,15-11-7-3)16-12-8-4;1-2-4-6-5-3-1/h5-16H2,1-4H3;1-6H/q+1;. The summed E-state index contributed by atoms with van der Waals surface area (Å²) < 4.78 is 0. The quantitative estimate of drug-likeness (QED) is 0.340. The fraction of sp³-hybridized carbons (Fsp3) is 0.727. The molecule has 0 aliphatic heterocycles. The molecule has 1 heteroatoms. The minimum Gasteiger partial charge on any atom is -0.0652 e. The highest BCUT2D eigenvalue weighted by atomic mass is 31.2. The Bertz CT molecular complexity index is 256. The first-order chi connectivity index (χ1) is 11.2. The molecular formula is C22H42P+. The lowest BCUT2D eigenvalue weighted by Crippen LogP contribution is -2.12. The topological polar surface area (TPSA) is 0 Å². The van der Waals surface area contributed by atoms with E-state index in [0.29, 0.717) is 0 Å². The van der Waals surface area contributed by atoms with Gasteiger partial charge < -0.3 is 0 Å². The fourth-order valence-electron chi connectivity index (χ4n) is 3.03. The van der Waals surface area contributed by atoms with E-state index in [1.807, 2.05) is 36.4 Å². The van der Waals surface area contributed by atoms with E-state index in [0.717, 1.165) is 0 Å². The van der Waals surface area contributed by atoms with E-state index in [9.17, 15) is 0 Å². The smallest absolute Gasteiger partial charge is 0.0594 e. The summed E-state index contributed by atoms with van der Waals surface area (Å²) in [4.78, 5) is 0. The molecule has 0 aliphatic rings. The minimum atomic E-state index is -0.562. The van der Waals surface area contributed by atoms with Crippen LogP contribution in [0, 0.1) is 0 Å². The number of hydrogen-bond donors (Lipinski definition) is 0. The Kier molecular flexibility index (Phi) is 16.3. The van der Waals surface area contributed by atoms with Gasteiger partial charge in [0.05, 0.1) is 24.6 Å². The zero-order chi connectivity index (χ0) is 17.2. The first-order valence-corrected chi connectivity index (χ1v) is 12.6. The molecule has 0 bridgehead atoms. The lowest BCUT2D eigenvalue weighted by atomic mass is 10.4. The van der Waals surface area contributed by atoms with Gasteiger partial charge in [0.15, 0.2) is 0 Å². The van der Waals surface area contributed by atoms with Crippen LogP contribution in [-0.4, -0.2) is 24.6 Å². The summed E-state index contributed by atoms with van der Waals surface area (Å²) in [6, 6.07) is 12.0. The monoisotopic (exact) mass is 337 g/mol. The lowest BCUT2D eigenvalue weighted by molar-refractivity contribution is 0.814. The van der Waals surface area contributed by atoms with Gasteiger partial charge in [-0.1, -0.05) is 89.8 Å². The van der Waals surface area contributed by atoms with Crippen molar-refractivity contribution in [3.05, 3.63) is 36.4 Å². The van der Waals surface area contributed by atoms with Gasteiger partial charge in [-0.05, 0) is 25.7 Å². The highest BCUT2D eigenvalue weighted by Crippen LogP contribution is 2.61. The van der Waals surface area contributed by atoms with E-state index in [4.69, 9.17) is 0 Å². The second-order valence-corrected chi connectivity index (χ2v) is 11.3. The first kappa shape index (κ1) is 22.6. The van der Waals surface area contributed by atoms with Crippen LogP contribution in [-0.2, 0) is 0 Å². The van der Waals surface area contributed by atoms with Crippen LogP contribution in [0.4, 0.5) is 0 Å². The van der Waals surface area contributed by atoms with Gasteiger partial charge in [-0.3, -0.25) is 0 Å². The number of rotatable bonds is 12. The van der Waals surface area contributed by atoms with Crippen molar-refractivity contribution in [3.63, 3.8) is 0 Å². The zero-order valence-electron chi connectivity index (χ0n) is 16.4. The van der Waals surface area contributed by atoms with E-state index in [-0.39, 0.29) is 0 Å². The van der Waals surface area contributed by atoms with Crippen LogP contribution in [0.1, 0.15) is 79.1 Å². The van der Waals surface area contributed by atoms with Crippen LogP contribution in [0.5, 0.6) is 0 Å². The molecule has 0 heterocycles. The highest BCUT2D eigenvalue weighted by molar-refractivity contribution is 7.75. The molecule has 0 aliphatic carbocycles. The first-order valence-electron chi connectivity index (χ1n) is 10.1. The van der Waals surface area contributed by atoms with Crippen LogP contribution in [0.25, 0.3) is 0 Å². The van der Waals surface area contributed by atoms with Crippen molar-refractivity contribution in [3.8, 4) is 0 Å². The van der Waals surface area contributed by atoms with E-state index in [1.54, 1.807) is 24.6 Å². The van der Waals surface area contributed by atoms with Crippen LogP contribution in [0.3, 0.4) is 0 Å². The molecule has 0 N–H and O–H groups in total.